The summed E-state index contributed by atoms with van der Waals surface area (Å²) in [6, 6.07) is 0. The van der Waals surface area contributed by atoms with Gasteiger partial charge in [-0.05, 0) is 25.2 Å². The van der Waals surface area contributed by atoms with Crippen LogP contribution in [0.5, 0.6) is 0 Å². The number of hydrogen-bond donors (Lipinski definition) is 2. The minimum absolute atomic E-state index is 0.0889. The number of hydrogen-bond acceptors (Lipinski definition) is 4. The fourth-order valence-electron chi connectivity index (χ4n) is 2.47. The van der Waals surface area contributed by atoms with Crippen LogP contribution in [0.2, 0.25) is 0 Å². The van der Waals surface area contributed by atoms with Crippen LogP contribution < -0.4 is 5.73 Å². The van der Waals surface area contributed by atoms with Gasteiger partial charge in [-0.2, -0.15) is 0 Å². The highest BCUT2D eigenvalue weighted by atomic mass is 16.5. The predicted octanol–water partition coefficient (Wildman–Crippen LogP) is 1.57. The molecule has 1 aliphatic rings. The zero-order chi connectivity index (χ0) is 15.2. The van der Waals surface area contributed by atoms with Crippen molar-refractivity contribution < 1.29 is 14.7 Å². The van der Waals surface area contributed by atoms with Gasteiger partial charge in [0, 0.05) is 26.6 Å². The normalized spacial score (nSPS) is 17.9. The molecule has 1 amide bonds. The summed E-state index contributed by atoms with van der Waals surface area (Å²) in [5.74, 6) is 0.619. The molecule has 0 heterocycles. The zero-order valence-corrected chi connectivity index (χ0v) is 12.8. The molecule has 0 aromatic rings. The maximum absolute atomic E-state index is 12.4. The van der Waals surface area contributed by atoms with Gasteiger partial charge in [0.1, 0.15) is 5.84 Å². The monoisotopic (exact) mass is 285 g/mol. The molecule has 0 bridgehead atoms. The van der Waals surface area contributed by atoms with Crippen molar-refractivity contribution in [3.63, 3.8) is 0 Å². The summed E-state index contributed by atoms with van der Waals surface area (Å²) in [4.78, 5) is 14.2. The van der Waals surface area contributed by atoms with Crippen molar-refractivity contribution in [2.75, 3.05) is 20.2 Å². The van der Waals surface area contributed by atoms with E-state index in [2.05, 4.69) is 19.0 Å². The van der Waals surface area contributed by atoms with Crippen LogP contribution in [-0.2, 0) is 9.53 Å². The largest absolute Gasteiger partial charge is 0.409 e. The molecular weight excluding hydrogens is 258 g/mol. The molecule has 0 unspecified atom stereocenters. The Kier molecular flexibility index (Phi) is 6.26. The summed E-state index contributed by atoms with van der Waals surface area (Å²) in [6.45, 7) is 5.29. The number of ether oxygens (including phenoxy) is 1. The van der Waals surface area contributed by atoms with Gasteiger partial charge in [-0.3, -0.25) is 4.79 Å². The van der Waals surface area contributed by atoms with Crippen LogP contribution in [0.4, 0.5) is 0 Å². The van der Waals surface area contributed by atoms with Gasteiger partial charge in [-0.25, -0.2) is 0 Å². The van der Waals surface area contributed by atoms with E-state index in [1.54, 1.807) is 12.0 Å². The van der Waals surface area contributed by atoms with Gasteiger partial charge in [0.25, 0.3) is 0 Å². The minimum atomic E-state index is -0.261. The second-order valence-corrected chi connectivity index (χ2v) is 5.99. The molecule has 1 fully saturated rings. The molecule has 0 radical (unpaired) electrons. The Morgan fingerprint density at radius 1 is 1.50 bits per heavy atom. The van der Waals surface area contributed by atoms with Crippen molar-refractivity contribution in [2.45, 2.75) is 51.6 Å². The number of nitrogens with two attached hydrogens (primary N) is 1. The van der Waals surface area contributed by atoms with Crippen molar-refractivity contribution in [3.05, 3.63) is 0 Å². The molecule has 1 rings (SSSR count). The van der Waals surface area contributed by atoms with E-state index in [0.717, 1.165) is 19.3 Å². The van der Waals surface area contributed by atoms with Crippen LogP contribution in [0, 0.1) is 5.92 Å². The van der Waals surface area contributed by atoms with Crippen LogP contribution in [0.1, 0.15) is 46.0 Å². The predicted molar refractivity (Wildman–Crippen MR) is 77.7 cm³/mol. The maximum atomic E-state index is 12.4. The number of rotatable bonds is 8. The average molecular weight is 285 g/mol. The SMILES string of the molecule is COC1(CC(=O)N(CCC(N)=NO)CC(C)C)CCC1. The van der Waals surface area contributed by atoms with E-state index in [4.69, 9.17) is 15.7 Å². The standard InChI is InChI=1S/C14H27N3O3/c1-11(2)10-17(8-5-12(15)16-19)13(18)9-14(20-3)6-4-7-14/h11,19H,4-10H2,1-3H3,(H2,15,16). The van der Waals surface area contributed by atoms with Crippen molar-refractivity contribution >= 4 is 11.7 Å². The number of nitrogens with zero attached hydrogens (tertiary/aromatic N) is 2. The van der Waals surface area contributed by atoms with Crippen molar-refractivity contribution in [3.8, 4) is 0 Å². The highest BCUT2D eigenvalue weighted by Gasteiger charge is 2.40. The Balaban J connectivity index is 2.59. The average Bonchev–Trinajstić information content (AvgIpc) is 2.37. The Bertz CT molecular complexity index is 346. The second-order valence-electron chi connectivity index (χ2n) is 5.99. The summed E-state index contributed by atoms with van der Waals surface area (Å²) >= 11 is 0. The third kappa shape index (κ3) is 4.67. The van der Waals surface area contributed by atoms with Crippen LogP contribution in [0.25, 0.3) is 0 Å². The zero-order valence-electron chi connectivity index (χ0n) is 12.8. The van der Waals surface area contributed by atoms with Gasteiger partial charge in [0.15, 0.2) is 0 Å². The molecule has 1 saturated carbocycles. The molecule has 0 spiro atoms. The molecule has 3 N–H and O–H groups in total. The summed E-state index contributed by atoms with van der Waals surface area (Å²) in [5.41, 5.74) is 5.22. The molecule has 6 nitrogen and oxygen atoms in total. The summed E-state index contributed by atoms with van der Waals surface area (Å²) in [6.07, 6.45) is 3.83. The molecule has 0 saturated heterocycles. The van der Waals surface area contributed by atoms with Crippen molar-refractivity contribution in [1.29, 1.82) is 0 Å². The van der Waals surface area contributed by atoms with Gasteiger partial charge < -0.3 is 20.6 Å². The Morgan fingerprint density at radius 3 is 2.55 bits per heavy atom. The van der Waals surface area contributed by atoms with E-state index in [-0.39, 0.29) is 17.3 Å². The number of carbonyl (C=O) groups excluding carboxylic acids is 1. The van der Waals surface area contributed by atoms with Crippen LogP contribution in [0.15, 0.2) is 5.16 Å². The van der Waals surface area contributed by atoms with Gasteiger partial charge in [0.05, 0.1) is 12.0 Å². The van der Waals surface area contributed by atoms with E-state index in [0.29, 0.717) is 31.8 Å². The third-order valence-electron chi connectivity index (χ3n) is 3.88. The molecule has 0 aromatic heterocycles. The fourth-order valence-corrected chi connectivity index (χ4v) is 2.47. The Labute approximate surface area is 120 Å². The summed E-state index contributed by atoms with van der Waals surface area (Å²) in [5, 5.41) is 11.5. The summed E-state index contributed by atoms with van der Waals surface area (Å²) in [7, 11) is 1.68. The van der Waals surface area contributed by atoms with E-state index < -0.39 is 0 Å². The first-order valence-corrected chi connectivity index (χ1v) is 7.22. The number of carbonyl (C=O) groups is 1. The second kappa shape index (κ2) is 7.47. The minimum Gasteiger partial charge on any atom is -0.409 e. The van der Waals surface area contributed by atoms with E-state index >= 15 is 0 Å². The molecule has 116 valence electrons. The first-order valence-electron chi connectivity index (χ1n) is 7.22. The lowest BCUT2D eigenvalue weighted by molar-refractivity contribution is -0.144. The van der Waals surface area contributed by atoms with E-state index in [9.17, 15) is 4.79 Å². The third-order valence-corrected chi connectivity index (χ3v) is 3.88. The first-order chi connectivity index (χ1) is 9.42. The van der Waals surface area contributed by atoms with Crippen molar-refractivity contribution in [1.82, 2.24) is 4.90 Å². The van der Waals surface area contributed by atoms with Crippen LogP contribution >= 0.6 is 0 Å². The molecule has 1 aliphatic carbocycles. The number of methoxy groups -OCH3 is 1. The van der Waals surface area contributed by atoms with Crippen molar-refractivity contribution in [2.24, 2.45) is 16.8 Å². The quantitative estimate of drug-likeness (QED) is 0.307. The Morgan fingerprint density at radius 2 is 2.15 bits per heavy atom. The molecule has 0 atom stereocenters. The molecular formula is C14H27N3O3. The lowest BCUT2D eigenvalue weighted by Gasteiger charge is -2.41. The summed E-state index contributed by atoms with van der Waals surface area (Å²) < 4.78 is 5.51. The van der Waals surface area contributed by atoms with Crippen LogP contribution in [0.3, 0.4) is 0 Å². The van der Waals surface area contributed by atoms with Gasteiger partial charge in [-0.15, -0.1) is 0 Å². The fraction of sp³-hybridized carbons (Fsp3) is 0.857. The number of amides is 1. The van der Waals surface area contributed by atoms with Gasteiger partial charge in [0.2, 0.25) is 5.91 Å². The van der Waals surface area contributed by atoms with E-state index in [1.165, 1.54) is 0 Å². The number of amidine groups is 1. The molecule has 0 aromatic carbocycles. The van der Waals surface area contributed by atoms with Gasteiger partial charge >= 0.3 is 0 Å². The first kappa shape index (κ1) is 16.8. The lowest BCUT2D eigenvalue weighted by Crippen LogP contribution is -2.46. The molecule has 20 heavy (non-hydrogen) atoms. The van der Waals surface area contributed by atoms with Gasteiger partial charge in [-0.1, -0.05) is 19.0 Å². The Hall–Kier alpha value is -1.30. The molecule has 6 heteroatoms. The smallest absolute Gasteiger partial charge is 0.225 e. The van der Waals surface area contributed by atoms with Crippen LogP contribution in [-0.4, -0.2) is 47.7 Å². The highest BCUT2D eigenvalue weighted by Crippen LogP contribution is 2.38. The molecule has 0 aliphatic heterocycles. The topological polar surface area (TPSA) is 88.2 Å². The van der Waals surface area contributed by atoms with E-state index in [1.807, 2.05) is 0 Å². The number of oxime groups is 1. The maximum Gasteiger partial charge on any atom is 0.225 e. The highest BCUT2D eigenvalue weighted by molar-refractivity contribution is 5.81. The lowest BCUT2D eigenvalue weighted by atomic mass is 9.77.